The van der Waals surface area contributed by atoms with Crippen molar-refractivity contribution in [1.29, 1.82) is 0 Å². The lowest BCUT2D eigenvalue weighted by molar-refractivity contribution is -0.248. The first-order valence-corrected chi connectivity index (χ1v) is 18.1. The van der Waals surface area contributed by atoms with Crippen LogP contribution in [0.3, 0.4) is 0 Å². The second kappa shape index (κ2) is 19.6. The number of aromatic nitrogens is 2. The number of ether oxygens (including phenoxy) is 3. The van der Waals surface area contributed by atoms with Gasteiger partial charge >= 0.3 is 21.3 Å². The maximum atomic E-state index is 13.6. The van der Waals surface area contributed by atoms with Gasteiger partial charge < -0.3 is 55.5 Å². The van der Waals surface area contributed by atoms with Gasteiger partial charge in [0.15, 0.2) is 12.5 Å². The number of nitrogens with zero attached hydrogens (tertiary/aromatic N) is 1. The first-order chi connectivity index (χ1) is 24.1. The van der Waals surface area contributed by atoms with Crippen molar-refractivity contribution in [3.63, 3.8) is 0 Å². The predicted molar refractivity (Wildman–Crippen MR) is 164 cm³/mol. The van der Waals surface area contributed by atoms with Gasteiger partial charge in [-0.1, -0.05) is 0 Å². The minimum absolute atomic E-state index is 0.00344. The van der Waals surface area contributed by atoms with E-state index in [0.717, 1.165) is 31.0 Å². The van der Waals surface area contributed by atoms with E-state index in [-0.39, 0.29) is 26.2 Å². The third kappa shape index (κ3) is 11.8. The average molecular weight is 781 g/mol. The second-order valence-corrected chi connectivity index (χ2v) is 14.5. The number of phosphoric ester groups is 2. The number of aliphatic hydroxyl groups is 6. The molecule has 1 aromatic rings. The van der Waals surface area contributed by atoms with E-state index in [1.165, 1.54) is 0 Å². The summed E-state index contributed by atoms with van der Waals surface area (Å²) in [5.41, 5.74) is -1.72. The van der Waals surface area contributed by atoms with E-state index in [9.17, 15) is 53.8 Å². The van der Waals surface area contributed by atoms with Crippen LogP contribution < -0.4 is 21.9 Å². The molecule has 1 aromatic heterocycles. The van der Waals surface area contributed by atoms with Crippen molar-refractivity contribution < 1.29 is 86.0 Å². The van der Waals surface area contributed by atoms with E-state index in [2.05, 4.69) is 10.6 Å². The van der Waals surface area contributed by atoms with Crippen LogP contribution >= 0.6 is 15.6 Å². The Kier molecular flexibility index (Phi) is 16.5. The molecule has 3 heterocycles. The van der Waals surface area contributed by atoms with Crippen molar-refractivity contribution in [3.8, 4) is 0 Å². The molecule has 0 bridgehead atoms. The molecule has 9 N–H and O–H groups in total. The van der Waals surface area contributed by atoms with Crippen molar-refractivity contribution in [2.24, 2.45) is 0 Å². The fourth-order valence-corrected chi connectivity index (χ4v) is 7.42. The highest BCUT2D eigenvalue weighted by Crippen LogP contribution is 2.66. The molecule has 292 valence electrons. The molecule has 26 heteroatoms. The number of amides is 2. The first-order valence-electron chi connectivity index (χ1n) is 15.2. The Labute approximate surface area is 288 Å². The summed E-state index contributed by atoms with van der Waals surface area (Å²) in [4.78, 5) is 50.2. The van der Waals surface area contributed by atoms with E-state index in [1.807, 2.05) is 4.98 Å². The van der Waals surface area contributed by atoms with Crippen molar-refractivity contribution in [3.05, 3.63) is 33.1 Å². The summed E-state index contributed by atoms with van der Waals surface area (Å²) in [7, 11) is -8.64. The quantitative estimate of drug-likeness (QED) is 0.0445. The van der Waals surface area contributed by atoms with Gasteiger partial charge in [-0.15, -0.1) is 0 Å². The number of hydrogen-bond acceptors (Lipinski definition) is 20. The highest BCUT2D eigenvalue weighted by Gasteiger charge is 2.51. The molecule has 0 aromatic carbocycles. The standard InChI is InChI=1S/C25H42N4O20P2/c1-42-50(40,45-12-14-20(36)22(38)23(46-14)29-6-4-16(33)28-25(29)39)49-51(41,43-2)48-24-18(21(37)19(35)13(11-31)47-24)27-17(34)10-26-15(32)5-9-44-8-3-7-30/h4,6,13-14,18-24,30-31,35-38H,3,5,7-12H2,1-2H3,(H,26,32)(H,27,34)(H,28,33,39)/t13?,14?,18?,19-,20?,21-,22?,23?,24-,50?,51?/m1/s1. The van der Waals surface area contributed by atoms with Gasteiger partial charge in [0.25, 0.3) is 5.56 Å². The molecule has 2 aliphatic heterocycles. The van der Waals surface area contributed by atoms with Crippen LogP contribution in [0.1, 0.15) is 19.1 Å². The van der Waals surface area contributed by atoms with Crippen molar-refractivity contribution in [2.45, 2.75) is 68.0 Å². The molecule has 8 unspecified atom stereocenters. The fourth-order valence-electron chi connectivity index (χ4n) is 4.61. The smallest absolute Gasteiger partial charge is 0.396 e. The number of hydrogen-bond donors (Lipinski definition) is 9. The molecule has 2 fully saturated rings. The van der Waals surface area contributed by atoms with E-state index in [4.69, 9.17) is 41.7 Å². The summed E-state index contributed by atoms with van der Waals surface area (Å²) in [6, 6.07) is -0.822. The third-order valence-electron chi connectivity index (χ3n) is 7.31. The number of carbonyl (C=O) groups is 2. The van der Waals surface area contributed by atoms with E-state index < -0.39 is 114 Å². The summed E-state index contributed by atoms with van der Waals surface area (Å²) in [6.45, 7) is -2.32. The zero-order valence-corrected chi connectivity index (χ0v) is 29.0. The number of carbonyl (C=O) groups excluding carboxylic acids is 2. The predicted octanol–water partition coefficient (Wildman–Crippen LogP) is -4.46. The van der Waals surface area contributed by atoms with Gasteiger partial charge in [0, 0.05) is 46.1 Å². The molecule has 2 saturated heterocycles. The van der Waals surface area contributed by atoms with Crippen LogP contribution in [0.2, 0.25) is 0 Å². The number of phosphoric acid groups is 2. The van der Waals surface area contributed by atoms with Crippen LogP contribution in [0.15, 0.2) is 21.9 Å². The van der Waals surface area contributed by atoms with Crippen molar-refractivity contribution in [2.75, 3.05) is 53.8 Å². The fraction of sp³-hybridized carbons (Fsp3) is 0.760. The Bertz CT molecular complexity index is 1510. The van der Waals surface area contributed by atoms with E-state index in [1.54, 1.807) is 0 Å². The van der Waals surface area contributed by atoms with Crippen LogP contribution in [-0.4, -0.2) is 155 Å². The molecule has 51 heavy (non-hydrogen) atoms. The molecule has 11 atom stereocenters. The highest BCUT2D eigenvalue weighted by molar-refractivity contribution is 7.62. The summed E-state index contributed by atoms with van der Waals surface area (Å²) in [5.74, 6) is -1.56. The van der Waals surface area contributed by atoms with E-state index in [0.29, 0.717) is 6.42 Å². The Balaban J connectivity index is 1.67. The lowest BCUT2D eigenvalue weighted by Gasteiger charge is -2.42. The van der Waals surface area contributed by atoms with Gasteiger partial charge in [0.05, 0.1) is 26.4 Å². The Morgan fingerprint density at radius 2 is 1.63 bits per heavy atom. The monoisotopic (exact) mass is 780 g/mol. The molecule has 3 rings (SSSR count). The number of nitrogens with one attached hydrogen (secondary N) is 3. The third-order valence-corrected chi connectivity index (χ3v) is 10.7. The lowest BCUT2D eigenvalue weighted by atomic mass is 9.97. The maximum absolute atomic E-state index is 13.6. The molecule has 2 aliphatic rings. The molecular weight excluding hydrogens is 738 g/mol. The Hall–Kier alpha value is -2.48. The summed E-state index contributed by atoms with van der Waals surface area (Å²) >= 11 is 0. The Morgan fingerprint density at radius 3 is 2.25 bits per heavy atom. The van der Waals surface area contributed by atoms with Gasteiger partial charge in [-0.2, -0.15) is 4.31 Å². The number of aromatic amines is 1. The largest absolute Gasteiger partial charge is 0.485 e. The minimum atomic E-state index is -5.18. The molecule has 0 aliphatic carbocycles. The number of aliphatic hydroxyl groups excluding tert-OH is 6. The first kappa shape index (κ1) is 42.9. The van der Waals surface area contributed by atoms with Crippen LogP contribution in [0.5, 0.6) is 0 Å². The van der Waals surface area contributed by atoms with Crippen LogP contribution in [0, 0.1) is 0 Å². The van der Waals surface area contributed by atoms with Crippen LogP contribution in [0.4, 0.5) is 0 Å². The van der Waals surface area contributed by atoms with Crippen LogP contribution in [0.25, 0.3) is 0 Å². The summed E-state index contributed by atoms with van der Waals surface area (Å²) in [5, 5.41) is 64.9. The SMILES string of the molecule is COP(=O)(OCC1OC(n2ccc(=O)[nH]c2=O)C(O)C1O)OP(=O)(OC)O[C@H]1OC(CO)[C@@H](O)[C@H](O)C1NC(=O)CNC(=O)CCOCCCO. The zero-order chi connectivity index (χ0) is 37.9. The van der Waals surface area contributed by atoms with Gasteiger partial charge in [-0.05, 0) is 6.42 Å². The minimum Gasteiger partial charge on any atom is -0.396 e. The second-order valence-electron chi connectivity index (χ2n) is 10.8. The molecule has 0 saturated carbocycles. The topological polar surface area (TPSA) is 342 Å². The average Bonchev–Trinajstić information content (AvgIpc) is 3.38. The van der Waals surface area contributed by atoms with E-state index >= 15 is 0 Å². The molecular formula is C25H42N4O20P2. The number of H-pyrrole nitrogens is 1. The molecule has 0 radical (unpaired) electrons. The zero-order valence-electron chi connectivity index (χ0n) is 27.2. The Morgan fingerprint density at radius 1 is 0.941 bits per heavy atom. The van der Waals surface area contributed by atoms with Crippen molar-refractivity contribution in [1.82, 2.24) is 20.2 Å². The van der Waals surface area contributed by atoms with Crippen LogP contribution in [-0.2, 0) is 55.3 Å². The number of rotatable bonds is 20. The summed E-state index contributed by atoms with van der Waals surface area (Å²) < 4.78 is 68.5. The van der Waals surface area contributed by atoms with Gasteiger partial charge in [-0.3, -0.25) is 42.0 Å². The maximum Gasteiger partial charge on any atom is 0.485 e. The molecule has 0 spiro atoms. The van der Waals surface area contributed by atoms with Gasteiger partial charge in [-0.25, -0.2) is 13.9 Å². The highest BCUT2D eigenvalue weighted by atomic mass is 31.3. The van der Waals surface area contributed by atoms with Gasteiger partial charge in [0.1, 0.15) is 42.7 Å². The molecule has 2 amide bonds. The van der Waals surface area contributed by atoms with Crippen molar-refractivity contribution >= 4 is 27.5 Å². The summed E-state index contributed by atoms with van der Waals surface area (Å²) in [6.07, 6.45) is -12.7. The normalized spacial score (nSPS) is 30.3. The molecule has 24 nitrogen and oxygen atoms in total. The lowest BCUT2D eigenvalue weighted by Crippen LogP contribution is -2.65. The van der Waals surface area contributed by atoms with Gasteiger partial charge in [0.2, 0.25) is 11.8 Å².